The Balaban J connectivity index is 2.99. The standard InChI is InChI=1S/C9H9Cl2FO2S/c1-6-2-3-8(12)9(10)7(6)4-5-15(11,13)14/h2-3H,4-5H2,1H3. The fraction of sp³-hybridized carbons (Fsp3) is 0.333. The molecule has 0 bridgehead atoms. The number of hydrogen-bond acceptors (Lipinski definition) is 2. The first-order chi connectivity index (χ1) is 6.81. The first kappa shape index (κ1) is 12.7. The first-order valence-corrected chi connectivity index (χ1v) is 7.02. The third-order valence-electron chi connectivity index (χ3n) is 2.03. The molecule has 0 aliphatic carbocycles. The fourth-order valence-electron chi connectivity index (χ4n) is 1.22. The summed E-state index contributed by atoms with van der Waals surface area (Å²) >= 11 is 5.71. The molecule has 1 aromatic rings. The van der Waals surface area contributed by atoms with Crippen LogP contribution in [0.25, 0.3) is 0 Å². The van der Waals surface area contributed by atoms with E-state index in [0.717, 1.165) is 5.56 Å². The highest BCUT2D eigenvalue weighted by Crippen LogP contribution is 2.24. The number of halogens is 3. The fourth-order valence-corrected chi connectivity index (χ4v) is 2.21. The quantitative estimate of drug-likeness (QED) is 0.792. The van der Waals surface area contributed by atoms with Gasteiger partial charge in [0.25, 0.3) is 0 Å². The van der Waals surface area contributed by atoms with Crippen molar-refractivity contribution in [2.24, 2.45) is 0 Å². The first-order valence-electron chi connectivity index (χ1n) is 4.17. The minimum absolute atomic E-state index is 0.0321. The Kier molecular flexibility index (Phi) is 3.98. The van der Waals surface area contributed by atoms with Crippen LogP contribution in [0.4, 0.5) is 4.39 Å². The zero-order chi connectivity index (χ0) is 11.6. The molecule has 0 atom stereocenters. The van der Waals surface area contributed by atoms with E-state index >= 15 is 0 Å². The third kappa shape index (κ3) is 3.63. The molecule has 1 rings (SSSR count). The third-order valence-corrected chi connectivity index (χ3v) is 3.59. The van der Waals surface area contributed by atoms with Crippen LogP contribution in [0.1, 0.15) is 11.1 Å². The predicted octanol–water partition coefficient (Wildman–Crippen LogP) is 2.90. The molecule has 0 aliphatic heterocycles. The van der Waals surface area contributed by atoms with E-state index in [1.165, 1.54) is 6.07 Å². The molecule has 0 heterocycles. The molecule has 0 N–H and O–H groups in total. The Morgan fingerprint density at radius 2 is 2.00 bits per heavy atom. The molecule has 0 unspecified atom stereocenters. The van der Waals surface area contributed by atoms with Crippen LogP contribution in [0, 0.1) is 12.7 Å². The highest BCUT2D eigenvalue weighted by Gasteiger charge is 2.12. The summed E-state index contributed by atoms with van der Waals surface area (Å²) in [6.45, 7) is 1.74. The van der Waals surface area contributed by atoms with Crippen molar-refractivity contribution in [2.75, 3.05) is 5.75 Å². The zero-order valence-corrected chi connectivity index (χ0v) is 10.3. The molecule has 0 aromatic heterocycles. The van der Waals surface area contributed by atoms with E-state index in [0.29, 0.717) is 5.56 Å². The van der Waals surface area contributed by atoms with Crippen molar-refractivity contribution in [3.05, 3.63) is 34.1 Å². The molecule has 0 amide bonds. The van der Waals surface area contributed by atoms with Gasteiger partial charge in [-0.25, -0.2) is 12.8 Å². The van der Waals surface area contributed by atoms with Gasteiger partial charge < -0.3 is 0 Å². The molecule has 2 nitrogen and oxygen atoms in total. The molecule has 0 aliphatic rings. The van der Waals surface area contributed by atoms with Crippen molar-refractivity contribution in [3.63, 3.8) is 0 Å². The normalized spacial score (nSPS) is 11.7. The molecule has 0 saturated carbocycles. The lowest BCUT2D eigenvalue weighted by molar-refractivity contribution is 0.607. The van der Waals surface area contributed by atoms with Crippen LogP contribution in [0.3, 0.4) is 0 Å². The molecule has 0 spiro atoms. The van der Waals surface area contributed by atoms with Crippen molar-refractivity contribution < 1.29 is 12.8 Å². The van der Waals surface area contributed by atoms with Crippen molar-refractivity contribution in [1.29, 1.82) is 0 Å². The predicted molar refractivity (Wildman–Crippen MR) is 59.5 cm³/mol. The van der Waals surface area contributed by atoms with E-state index in [-0.39, 0.29) is 17.2 Å². The van der Waals surface area contributed by atoms with Crippen molar-refractivity contribution in [2.45, 2.75) is 13.3 Å². The minimum atomic E-state index is -3.58. The molecule has 1 aromatic carbocycles. The van der Waals surface area contributed by atoms with E-state index in [9.17, 15) is 12.8 Å². The second-order valence-electron chi connectivity index (χ2n) is 3.15. The van der Waals surface area contributed by atoms with Crippen LogP contribution < -0.4 is 0 Å². The molecular weight excluding hydrogens is 262 g/mol. The highest BCUT2D eigenvalue weighted by molar-refractivity contribution is 8.13. The maximum atomic E-state index is 13.1. The monoisotopic (exact) mass is 270 g/mol. The summed E-state index contributed by atoms with van der Waals surface area (Å²) in [5.74, 6) is -0.803. The summed E-state index contributed by atoms with van der Waals surface area (Å²) in [7, 11) is 1.49. The van der Waals surface area contributed by atoms with Crippen LogP contribution in [-0.4, -0.2) is 14.2 Å². The average molecular weight is 271 g/mol. The van der Waals surface area contributed by atoms with Crippen molar-refractivity contribution >= 4 is 31.3 Å². The largest absolute Gasteiger partial charge is 0.232 e. The molecule has 15 heavy (non-hydrogen) atoms. The summed E-state index contributed by atoms with van der Waals surface area (Å²) in [5, 5.41) is -0.0321. The lowest BCUT2D eigenvalue weighted by Crippen LogP contribution is -2.04. The Hall–Kier alpha value is -0.320. The van der Waals surface area contributed by atoms with Gasteiger partial charge in [0.1, 0.15) is 5.82 Å². The van der Waals surface area contributed by atoms with Gasteiger partial charge in [0.05, 0.1) is 10.8 Å². The number of aryl methyl sites for hydroxylation is 1. The second kappa shape index (κ2) is 4.68. The molecule has 6 heteroatoms. The smallest absolute Gasteiger partial charge is 0.212 e. The molecule has 0 saturated heterocycles. The van der Waals surface area contributed by atoms with E-state index in [1.807, 2.05) is 0 Å². The Morgan fingerprint density at radius 1 is 1.40 bits per heavy atom. The van der Waals surface area contributed by atoms with Gasteiger partial charge in [-0.1, -0.05) is 17.7 Å². The molecular formula is C9H9Cl2FO2S. The highest BCUT2D eigenvalue weighted by atomic mass is 35.7. The van der Waals surface area contributed by atoms with Crippen molar-refractivity contribution in [3.8, 4) is 0 Å². The lowest BCUT2D eigenvalue weighted by atomic mass is 10.1. The van der Waals surface area contributed by atoms with Crippen LogP contribution in [0.5, 0.6) is 0 Å². The van der Waals surface area contributed by atoms with E-state index in [1.54, 1.807) is 13.0 Å². The number of hydrogen-bond donors (Lipinski definition) is 0. The van der Waals surface area contributed by atoms with Crippen LogP contribution in [-0.2, 0) is 15.5 Å². The molecule has 0 fully saturated rings. The van der Waals surface area contributed by atoms with Crippen LogP contribution >= 0.6 is 22.3 Å². The maximum Gasteiger partial charge on any atom is 0.232 e. The van der Waals surface area contributed by atoms with Gasteiger partial charge in [0, 0.05) is 10.7 Å². The van der Waals surface area contributed by atoms with Crippen LogP contribution in [0.15, 0.2) is 12.1 Å². The minimum Gasteiger partial charge on any atom is -0.212 e. The Labute approximate surface area is 97.4 Å². The molecule has 84 valence electrons. The summed E-state index contributed by atoms with van der Waals surface area (Å²) in [5.41, 5.74) is 1.24. The van der Waals surface area contributed by atoms with E-state index in [2.05, 4.69) is 0 Å². The second-order valence-corrected chi connectivity index (χ2v) is 6.42. The van der Waals surface area contributed by atoms with Gasteiger partial charge in [-0.2, -0.15) is 0 Å². The van der Waals surface area contributed by atoms with Crippen LogP contribution in [0.2, 0.25) is 5.02 Å². The topological polar surface area (TPSA) is 34.1 Å². The van der Waals surface area contributed by atoms with E-state index in [4.69, 9.17) is 22.3 Å². The van der Waals surface area contributed by atoms with Gasteiger partial charge in [-0.3, -0.25) is 0 Å². The Bertz CT molecular complexity index is 471. The lowest BCUT2D eigenvalue weighted by Gasteiger charge is -2.07. The zero-order valence-electron chi connectivity index (χ0n) is 7.93. The average Bonchev–Trinajstić information content (AvgIpc) is 2.10. The van der Waals surface area contributed by atoms with Gasteiger partial charge in [-0.15, -0.1) is 0 Å². The SMILES string of the molecule is Cc1ccc(F)c(Cl)c1CCS(=O)(=O)Cl. The summed E-state index contributed by atoms with van der Waals surface area (Å²) < 4.78 is 34.5. The summed E-state index contributed by atoms with van der Waals surface area (Å²) in [4.78, 5) is 0. The summed E-state index contributed by atoms with van der Waals surface area (Å²) in [6.07, 6.45) is 0.119. The maximum absolute atomic E-state index is 13.1. The van der Waals surface area contributed by atoms with E-state index < -0.39 is 14.9 Å². The summed E-state index contributed by atoms with van der Waals surface area (Å²) in [6, 6.07) is 2.80. The van der Waals surface area contributed by atoms with Gasteiger partial charge in [0.2, 0.25) is 9.05 Å². The van der Waals surface area contributed by atoms with Crippen molar-refractivity contribution in [1.82, 2.24) is 0 Å². The van der Waals surface area contributed by atoms with Gasteiger partial charge in [-0.05, 0) is 30.5 Å². The Morgan fingerprint density at radius 3 is 2.53 bits per heavy atom. The number of rotatable bonds is 3. The molecule has 0 radical (unpaired) electrons. The van der Waals surface area contributed by atoms with Gasteiger partial charge >= 0.3 is 0 Å². The number of benzene rings is 1. The van der Waals surface area contributed by atoms with Gasteiger partial charge in [0.15, 0.2) is 0 Å².